The predicted molar refractivity (Wildman–Crippen MR) is 84.3 cm³/mol. The third-order valence-electron chi connectivity index (χ3n) is 4.00. The molecule has 0 aromatic rings. The summed E-state index contributed by atoms with van der Waals surface area (Å²) in [5, 5.41) is 0. The van der Waals surface area contributed by atoms with Crippen molar-refractivity contribution in [3.8, 4) is 0 Å². The average molecular weight is 314 g/mol. The van der Waals surface area contributed by atoms with Crippen LogP contribution in [-0.4, -0.2) is 29.9 Å². The minimum Gasteiger partial charge on any atom is -0.462 e. The SMILES string of the molecule is CCC(C)(C(=O)OC(C)C)C(=O)C(C)(CC)C(=O)OC(C)C. The van der Waals surface area contributed by atoms with E-state index in [4.69, 9.17) is 9.47 Å². The van der Waals surface area contributed by atoms with E-state index in [-0.39, 0.29) is 25.0 Å². The maximum atomic E-state index is 13.0. The Morgan fingerprint density at radius 1 is 0.773 bits per heavy atom. The number of ketones is 1. The van der Waals surface area contributed by atoms with E-state index in [1.165, 1.54) is 13.8 Å². The van der Waals surface area contributed by atoms with Gasteiger partial charge in [-0.15, -0.1) is 0 Å². The molecule has 0 bridgehead atoms. The van der Waals surface area contributed by atoms with E-state index in [1.807, 2.05) is 0 Å². The largest absolute Gasteiger partial charge is 0.462 e. The summed E-state index contributed by atoms with van der Waals surface area (Å²) in [5.41, 5.74) is -2.71. The number of rotatable bonds is 8. The smallest absolute Gasteiger partial charge is 0.319 e. The highest BCUT2D eigenvalue weighted by Crippen LogP contribution is 2.37. The normalized spacial score (nSPS) is 16.8. The summed E-state index contributed by atoms with van der Waals surface area (Å²) >= 11 is 0. The Labute approximate surface area is 133 Å². The van der Waals surface area contributed by atoms with Crippen LogP contribution in [0.15, 0.2) is 0 Å². The molecule has 0 spiro atoms. The zero-order valence-electron chi connectivity index (χ0n) is 15.1. The van der Waals surface area contributed by atoms with Crippen molar-refractivity contribution in [2.24, 2.45) is 10.8 Å². The third-order valence-corrected chi connectivity index (χ3v) is 4.00. The quantitative estimate of drug-likeness (QED) is 0.508. The van der Waals surface area contributed by atoms with Crippen LogP contribution in [0.25, 0.3) is 0 Å². The Balaban J connectivity index is 5.62. The van der Waals surface area contributed by atoms with Gasteiger partial charge in [0.15, 0.2) is 5.78 Å². The Morgan fingerprint density at radius 3 is 1.23 bits per heavy atom. The summed E-state index contributed by atoms with van der Waals surface area (Å²) in [6.07, 6.45) is -0.104. The first-order valence-corrected chi connectivity index (χ1v) is 7.92. The van der Waals surface area contributed by atoms with Crippen LogP contribution in [0.5, 0.6) is 0 Å². The Hall–Kier alpha value is -1.39. The Kier molecular flexibility index (Phi) is 7.26. The number of hydrogen-bond acceptors (Lipinski definition) is 5. The van der Waals surface area contributed by atoms with Gasteiger partial charge in [0.25, 0.3) is 0 Å². The zero-order chi connectivity index (χ0) is 17.7. The first-order chi connectivity index (χ1) is 9.95. The lowest BCUT2D eigenvalue weighted by Gasteiger charge is -2.34. The van der Waals surface area contributed by atoms with Crippen LogP contribution in [0.4, 0.5) is 0 Å². The Bertz CT molecular complexity index is 389. The maximum Gasteiger partial charge on any atom is 0.319 e. The van der Waals surface area contributed by atoms with Gasteiger partial charge in [0.1, 0.15) is 10.8 Å². The predicted octanol–water partition coefficient (Wildman–Crippen LogP) is 3.29. The number of carbonyl (C=O) groups excluding carboxylic acids is 3. The lowest BCUT2D eigenvalue weighted by molar-refractivity contribution is -0.173. The van der Waals surface area contributed by atoms with E-state index in [1.54, 1.807) is 41.5 Å². The number of hydrogen-bond donors (Lipinski definition) is 0. The van der Waals surface area contributed by atoms with Crippen LogP contribution in [0, 0.1) is 10.8 Å². The van der Waals surface area contributed by atoms with Gasteiger partial charge in [0, 0.05) is 0 Å². The summed E-state index contributed by atoms with van der Waals surface area (Å²) in [7, 11) is 0. The maximum absolute atomic E-state index is 13.0. The van der Waals surface area contributed by atoms with Crippen LogP contribution >= 0.6 is 0 Å². The molecule has 0 heterocycles. The van der Waals surface area contributed by atoms with Gasteiger partial charge in [-0.05, 0) is 54.4 Å². The van der Waals surface area contributed by atoms with Gasteiger partial charge in [-0.25, -0.2) is 0 Å². The third kappa shape index (κ3) is 4.31. The molecule has 0 amide bonds. The summed E-state index contributed by atoms with van der Waals surface area (Å²) in [4.78, 5) is 37.7. The molecular weight excluding hydrogens is 284 g/mol. The molecule has 22 heavy (non-hydrogen) atoms. The highest BCUT2D eigenvalue weighted by molar-refractivity contribution is 6.14. The van der Waals surface area contributed by atoms with Crippen LogP contribution in [0.1, 0.15) is 68.2 Å². The first kappa shape index (κ1) is 20.6. The highest BCUT2D eigenvalue weighted by Gasteiger charge is 2.53. The molecule has 0 aliphatic carbocycles. The topological polar surface area (TPSA) is 69.7 Å². The minimum absolute atomic E-state index is 0.266. The molecule has 5 nitrogen and oxygen atoms in total. The van der Waals surface area contributed by atoms with Crippen molar-refractivity contribution in [3.63, 3.8) is 0 Å². The van der Waals surface area contributed by atoms with Crippen molar-refractivity contribution in [3.05, 3.63) is 0 Å². The van der Waals surface area contributed by atoms with E-state index in [2.05, 4.69) is 0 Å². The van der Waals surface area contributed by atoms with E-state index >= 15 is 0 Å². The lowest BCUT2D eigenvalue weighted by atomic mass is 9.68. The molecule has 0 aliphatic rings. The van der Waals surface area contributed by atoms with Gasteiger partial charge in [0.2, 0.25) is 0 Å². The second kappa shape index (κ2) is 7.75. The van der Waals surface area contributed by atoms with Crippen molar-refractivity contribution in [1.29, 1.82) is 0 Å². The molecule has 2 atom stereocenters. The average Bonchev–Trinajstić information content (AvgIpc) is 2.42. The molecule has 5 heteroatoms. The molecule has 2 unspecified atom stereocenters. The molecule has 0 fully saturated rings. The van der Waals surface area contributed by atoms with Gasteiger partial charge in [-0.3, -0.25) is 14.4 Å². The van der Waals surface area contributed by atoms with E-state index < -0.39 is 28.6 Å². The van der Waals surface area contributed by atoms with Gasteiger partial charge >= 0.3 is 11.9 Å². The van der Waals surface area contributed by atoms with Gasteiger partial charge in [0.05, 0.1) is 12.2 Å². The molecular formula is C17H30O5. The molecule has 0 N–H and O–H groups in total. The van der Waals surface area contributed by atoms with Crippen LogP contribution in [-0.2, 0) is 23.9 Å². The van der Waals surface area contributed by atoms with Gasteiger partial charge in [-0.2, -0.15) is 0 Å². The monoisotopic (exact) mass is 314 g/mol. The molecule has 0 aliphatic heterocycles. The van der Waals surface area contributed by atoms with Crippen molar-refractivity contribution >= 4 is 17.7 Å². The molecule has 0 rings (SSSR count). The first-order valence-electron chi connectivity index (χ1n) is 7.92. The second-order valence-corrected chi connectivity index (χ2v) is 6.61. The Morgan fingerprint density at radius 2 is 1.05 bits per heavy atom. The number of Topliss-reactive ketones (excluding diaryl/α,β-unsaturated/α-hetero) is 1. The molecule has 0 saturated carbocycles. The second-order valence-electron chi connectivity index (χ2n) is 6.61. The summed E-state index contributed by atoms with van der Waals surface area (Å²) in [6.45, 7) is 13.5. The fourth-order valence-corrected chi connectivity index (χ4v) is 2.09. The van der Waals surface area contributed by atoms with Crippen LogP contribution in [0.3, 0.4) is 0 Å². The van der Waals surface area contributed by atoms with Gasteiger partial charge < -0.3 is 9.47 Å². The van der Waals surface area contributed by atoms with Crippen molar-refractivity contribution in [2.45, 2.75) is 80.4 Å². The molecule has 0 radical (unpaired) electrons. The molecule has 128 valence electrons. The van der Waals surface area contributed by atoms with Gasteiger partial charge in [-0.1, -0.05) is 13.8 Å². The van der Waals surface area contributed by atoms with E-state index in [0.717, 1.165) is 0 Å². The summed E-state index contributed by atoms with van der Waals surface area (Å²) < 4.78 is 10.4. The van der Waals surface area contributed by atoms with Crippen LogP contribution in [0.2, 0.25) is 0 Å². The fourth-order valence-electron chi connectivity index (χ4n) is 2.09. The van der Waals surface area contributed by atoms with Crippen LogP contribution < -0.4 is 0 Å². The summed E-state index contributed by atoms with van der Waals surface area (Å²) in [5.74, 6) is -1.62. The standard InChI is InChI=1S/C17H30O5/c1-9-16(7,14(19)21-11(3)4)13(18)17(8,10-2)15(20)22-12(5)6/h11-12H,9-10H2,1-8H3. The number of ether oxygens (including phenoxy) is 2. The van der Waals surface area contributed by atoms with Crippen molar-refractivity contribution in [2.75, 3.05) is 0 Å². The molecule has 0 saturated heterocycles. The van der Waals surface area contributed by atoms with Crippen molar-refractivity contribution < 1.29 is 23.9 Å². The zero-order valence-corrected chi connectivity index (χ0v) is 15.1. The molecule has 0 aromatic carbocycles. The summed E-state index contributed by atoms with van der Waals surface area (Å²) in [6, 6.07) is 0. The van der Waals surface area contributed by atoms with Crippen molar-refractivity contribution in [1.82, 2.24) is 0 Å². The lowest BCUT2D eigenvalue weighted by Crippen LogP contribution is -2.50. The van der Waals surface area contributed by atoms with E-state index in [9.17, 15) is 14.4 Å². The number of carbonyl (C=O) groups is 3. The molecule has 0 aromatic heterocycles. The minimum atomic E-state index is -1.36. The fraction of sp³-hybridized carbons (Fsp3) is 0.824. The van der Waals surface area contributed by atoms with E-state index in [0.29, 0.717) is 0 Å². The highest BCUT2D eigenvalue weighted by atomic mass is 16.5. The number of esters is 2.